The predicted octanol–water partition coefficient (Wildman–Crippen LogP) is 2.04. The number of hydrogen-bond donors (Lipinski definition) is 2. The van der Waals surface area contributed by atoms with E-state index in [0.29, 0.717) is 5.92 Å². The molecule has 0 atom stereocenters. The number of hydrogen-bond acceptors (Lipinski definition) is 3. The van der Waals surface area contributed by atoms with E-state index in [0.717, 1.165) is 51.4 Å². The third-order valence-corrected chi connectivity index (χ3v) is 5.16. The first kappa shape index (κ1) is 15.1. The van der Waals surface area contributed by atoms with Crippen LogP contribution in [0.2, 0.25) is 0 Å². The molecule has 1 amide bonds. The van der Waals surface area contributed by atoms with Gasteiger partial charge in [0.2, 0.25) is 5.91 Å². The van der Waals surface area contributed by atoms with Crippen LogP contribution in [0.3, 0.4) is 0 Å². The summed E-state index contributed by atoms with van der Waals surface area (Å²) in [6, 6.07) is 0.157. The lowest BCUT2D eigenvalue weighted by Crippen LogP contribution is -2.50. The summed E-state index contributed by atoms with van der Waals surface area (Å²) in [7, 11) is 0. The van der Waals surface area contributed by atoms with E-state index < -0.39 is 0 Å². The van der Waals surface area contributed by atoms with Gasteiger partial charge in [-0.15, -0.1) is 11.6 Å². The first-order valence-electron chi connectivity index (χ1n) is 7.44. The molecule has 0 aromatic rings. The van der Waals surface area contributed by atoms with Crippen LogP contribution >= 0.6 is 11.6 Å². The molecule has 3 N–H and O–H groups in total. The Morgan fingerprint density at radius 3 is 2.21 bits per heavy atom. The van der Waals surface area contributed by atoms with Crippen LogP contribution in [-0.4, -0.2) is 34.0 Å². The summed E-state index contributed by atoms with van der Waals surface area (Å²) in [5.41, 5.74) is 0. The van der Waals surface area contributed by atoms with Crippen LogP contribution in [0.4, 0.5) is 0 Å². The van der Waals surface area contributed by atoms with Crippen LogP contribution < -0.4 is 5.84 Å². The van der Waals surface area contributed by atoms with Crippen molar-refractivity contribution in [3.63, 3.8) is 0 Å². The van der Waals surface area contributed by atoms with Gasteiger partial charge >= 0.3 is 0 Å². The molecule has 0 bridgehead atoms. The Bertz CT molecular complexity index is 298. The molecule has 19 heavy (non-hydrogen) atoms. The number of rotatable bonds is 3. The van der Waals surface area contributed by atoms with Crippen molar-refractivity contribution in [2.24, 2.45) is 17.7 Å². The average Bonchev–Trinajstić information content (AvgIpc) is 2.46. The highest BCUT2D eigenvalue weighted by atomic mass is 35.5. The van der Waals surface area contributed by atoms with E-state index in [-0.39, 0.29) is 29.9 Å². The second-order valence-corrected chi connectivity index (χ2v) is 6.67. The maximum Gasteiger partial charge on any atom is 0.239 e. The summed E-state index contributed by atoms with van der Waals surface area (Å²) in [5, 5.41) is 10.8. The number of hydrazine groups is 1. The molecule has 0 unspecified atom stereocenters. The van der Waals surface area contributed by atoms with Crippen LogP contribution in [0.1, 0.15) is 51.4 Å². The SMILES string of the molecule is NN(C(=O)C1CCC(Cl)CC1)C1CCC(CO)CC1. The van der Waals surface area contributed by atoms with E-state index in [1.165, 1.54) is 5.01 Å². The summed E-state index contributed by atoms with van der Waals surface area (Å²) < 4.78 is 0. The second kappa shape index (κ2) is 6.91. The molecule has 2 rings (SSSR count). The molecular formula is C14H25ClN2O2. The van der Waals surface area contributed by atoms with E-state index in [2.05, 4.69) is 0 Å². The molecule has 110 valence electrons. The number of amides is 1. The van der Waals surface area contributed by atoms with Gasteiger partial charge in [0.15, 0.2) is 0 Å². The topological polar surface area (TPSA) is 66.6 Å². The molecule has 2 fully saturated rings. The third kappa shape index (κ3) is 3.83. The quantitative estimate of drug-likeness (QED) is 0.361. The molecule has 2 aliphatic carbocycles. The Morgan fingerprint density at radius 2 is 1.68 bits per heavy atom. The summed E-state index contributed by atoms with van der Waals surface area (Å²) in [5.74, 6) is 6.59. The molecule has 0 aromatic carbocycles. The number of aliphatic hydroxyl groups excluding tert-OH is 1. The molecule has 0 heterocycles. The minimum absolute atomic E-state index is 0.0653. The summed E-state index contributed by atoms with van der Waals surface area (Å²) >= 11 is 6.07. The fourth-order valence-electron chi connectivity index (χ4n) is 3.30. The van der Waals surface area contributed by atoms with Crippen molar-refractivity contribution in [3.05, 3.63) is 0 Å². The lowest BCUT2D eigenvalue weighted by molar-refractivity contribution is -0.140. The number of alkyl halides is 1. The lowest BCUT2D eigenvalue weighted by atomic mass is 9.84. The Kier molecular flexibility index (Phi) is 5.48. The van der Waals surface area contributed by atoms with Gasteiger partial charge in [-0.05, 0) is 57.3 Å². The number of carbonyl (C=O) groups excluding carboxylic acids is 1. The van der Waals surface area contributed by atoms with Crippen LogP contribution in [0, 0.1) is 11.8 Å². The van der Waals surface area contributed by atoms with E-state index in [9.17, 15) is 4.79 Å². The first-order chi connectivity index (χ1) is 9.11. The van der Waals surface area contributed by atoms with Gasteiger partial charge in [0.25, 0.3) is 0 Å². The zero-order valence-corrected chi connectivity index (χ0v) is 12.2. The summed E-state index contributed by atoms with van der Waals surface area (Å²) in [4.78, 5) is 12.4. The highest BCUT2D eigenvalue weighted by Crippen LogP contribution is 2.31. The molecule has 0 radical (unpaired) electrons. The van der Waals surface area contributed by atoms with E-state index in [1.807, 2.05) is 0 Å². The van der Waals surface area contributed by atoms with Gasteiger partial charge in [-0.3, -0.25) is 9.80 Å². The number of nitrogens with two attached hydrogens (primary N) is 1. The smallest absolute Gasteiger partial charge is 0.239 e. The zero-order valence-electron chi connectivity index (χ0n) is 11.4. The highest BCUT2D eigenvalue weighted by molar-refractivity contribution is 6.20. The van der Waals surface area contributed by atoms with Gasteiger partial charge in [0.05, 0.1) is 0 Å². The van der Waals surface area contributed by atoms with E-state index >= 15 is 0 Å². The molecule has 0 aromatic heterocycles. The van der Waals surface area contributed by atoms with Crippen LogP contribution in [0.15, 0.2) is 0 Å². The maximum absolute atomic E-state index is 12.4. The van der Waals surface area contributed by atoms with Crippen LogP contribution in [0.5, 0.6) is 0 Å². The van der Waals surface area contributed by atoms with Crippen molar-refractivity contribution in [2.75, 3.05) is 6.61 Å². The van der Waals surface area contributed by atoms with Gasteiger partial charge < -0.3 is 5.11 Å². The molecule has 2 aliphatic rings. The van der Waals surface area contributed by atoms with E-state index in [1.54, 1.807) is 0 Å². The summed E-state index contributed by atoms with van der Waals surface area (Å²) in [6.45, 7) is 0.255. The minimum atomic E-state index is 0.0653. The third-order valence-electron chi connectivity index (χ3n) is 4.73. The number of nitrogens with zero attached hydrogens (tertiary/aromatic N) is 1. The van der Waals surface area contributed by atoms with Gasteiger partial charge in [0, 0.05) is 23.9 Å². The van der Waals surface area contributed by atoms with Crippen molar-refractivity contribution < 1.29 is 9.90 Å². The summed E-state index contributed by atoms with van der Waals surface area (Å²) in [6.07, 6.45) is 7.34. The molecule has 2 saturated carbocycles. The molecule has 4 nitrogen and oxygen atoms in total. The fourth-order valence-corrected chi connectivity index (χ4v) is 3.55. The van der Waals surface area contributed by atoms with Gasteiger partial charge in [-0.1, -0.05) is 0 Å². The van der Waals surface area contributed by atoms with E-state index in [4.69, 9.17) is 22.6 Å². The largest absolute Gasteiger partial charge is 0.396 e. The van der Waals surface area contributed by atoms with Crippen molar-refractivity contribution in [3.8, 4) is 0 Å². The second-order valence-electron chi connectivity index (χ2n) is 6.05. The molecular weight excluding hydrogens is 264 g/mol. The molecule has 5 heteroatoms. The molecule has 0 spiro atoms. The average molecular weight is 289 g/mol. The lowest BCUT2D eigenvalue weighted by Gasteiger charge is -2.36. The van der Waals surface area contributed by atoms with Crippen molar-refractivity contribution in [2.45, 2.75) is 62.8 Å². The Balaban J connectivity index is 1.82. The van der Waals surface area contributed by atoms with Gasteiger partial charge in [-0.2, -0.15) is 0 Å². The van der Waals surface area contributed by atoms with Crippen LogP contribution in [0.25, 0.3) is 0 Å². The monoisotopic (exact) mass is 288 g/mol. The number of carbonyl (C=O) groups is 1. The van der Waals surface area contributed by atoms with Gasteiger partial charge in [0.1, 0.15) is 0 Å². The van der Waals surface area contributed by atoms with Crippen molar-refractivity contribution in [1.82, 2.24) is 5.01 Å². The zero-order chi connectivity index (χ0) is 13.8. The maximum atomic E-state index is 12.4. The first-order valence-corrected chi connectivity index (χ1v) is 7.88. The fraction of sp³-hybridized carbons (Fsp3) is 0.929. The van der Waals surface area contributed by atoms with Crippen LogP contribution in [-0.2, 0) is 4.79 Å². The number of halogens is 1. The Hall–Kier alpha value is -0.320. The van der Waals surface area contributed by atoms with Crippen molar-refractivity contribution >= 4 is 17.5 Å². The van der Waals surface area contributed by atoms with Crippen molar-refractivity contribution in [1.29, 1.82) is 0 Å². The van der Waals surface area contributed by atoms with Gasteiger partial charge in [-0.25, -0.2) is 5.84 Å². The Labute approximate surface area is 120 Å². The Morgan fingerprint density at radius 1 is 1.11 bits per heavy atom. The predicted molar refractivity (Wildman–Crippen MR) is 75.5 cm³/mol. The standard InChI is InChI=1S/C14H25ClN2O2/c15-12-5-3-11(4-6-12)14(19)17(16)13-7-1-10(9-18)2-8-13/h10-13,18H,1-9,16H2. The normalized spacial score (nSPS) is 35.9. The minimum Gasteiger partial charge on any atom is -0.396 e. The molecule has 0 aliphatic heterocycles. The highest BCUT2D eigenvalue weighted by Gasteiger charge is 2.32. The number of aliphatic hydroxyl groups is 1. The molecule has 0 saturated heterocycles.